The van der Waals surface area contributed by atoms with Crippen LogP contribution in [0.1, 0.15) is 37.2 Å². The van der Waals surface area contributed by atoms with Crippen LogP contribution in [0.4, 0.5) is 5.82 Å². The molecule has 0 aliphatic carbocycles. The molecule has 0 saturated carbocycles. The van der Waals surface area contributed by atoms with Crippen LogP contribution in [0, 0.1) is 0 Å². The van der Waals surface area contributed by atoms with Gasteiger partial charge in [0.05, 0.1) is 34.3 Å². The van der Waals surface area contributed by atoms with Crippen molar-refractivity contribution < 1.29 is 0 Å². The van der Waals surface area contributed by atoms with Gasteiger partial charge >= 0.3 is 0 Å². The smallest absolute Gasteiger partial charge is 0.263 e. The van der Waals surface area contributed by atoms with Gasteiger partial charge in [-0.1, -0.05) is 17.7 Å². The molecule has 0 bridgehead atoms. The molecule has 2 aliphatic heterocycles. The molecule has 2 N–H and O–H groups in total. The maximum atomic E-state index is 13.7. The van der Waals surface area contributed by atoms with E-state index < -0.39 is 0 Å². The van der Waals surface area contributed by atoms with Crippen molar-refractivity contribution in [3.63, 3.8) is 0 Å². The van der Waals surface area contributed by atoms with Gasteiger partial charge in [0.1, 0.15) is 17.7 Å². The zero-order valence-corrected chi connectivity index (χ0v) is 19.6. The predicted octanol–water partition coefficient (Wildman–Crippen LogP) is 3.17. The number of H-pyrrole nitrogens is 1. The summed E-state index contributed by atoms with van der Waals surface area (Å²) in [6.45, 7) is 2.44. The molecule has 0 amide bonds. The van der Waals surface area contributed by atoms with Gasteiger partial charge in [0.25, 0.3) is 5.56 Å². The summed E-state index contributed by atoms with van der Waals surface area (Å²) in [5, 5.41) is 4.30. The fourth-order valence-corrected chi connectivity index (χ4v) is 5.17. The Morgan fingerprint density at radius 2 is 2.06 bits per heavy atom. The number of hydrogen-bond acceptors (Lipinski definition) is 7. The number of fused-ring (bicyclic) bond motifs is 2. The molecule has 1 aromatic carbocycles. The number of nitrogens with one attached hydrogen (secondary N) is 2. The van der Waals surface area contributed by atoms with E-state index in [1.54, 1.807) is 18.7 Å². The lowest BCUT2D eigenvalue weighted by Gasteiger charge is -2.29. The molecular weight excluding hydrogens is 496 g/mol. The van der Waals surface area contributed by atoms with Crippen LogP contribution < -0.4 is 15.8 Å². The number of anilines is 1. The lowest BCUT2D eigenvalue weighted by Crippen LogP contribution is -2.35. The third-order valence-electron chi connectivity index (χ3n) is 6.33. The largest absolute Gasteiger partial charge is 0.344 e. The van der Waals surface area contributed by atoms with Gasteiger partial charge in [0.2, 0.25) is 0 Å². The van der Waals surface area contributed by atoms with E-state index in [-0.39, 0.29) is 34.6 Å². The Morgan fingerprint density at radius 3 is 2.91 bits per heavy atom. The van der Waals surface area contributed by atoms with Gasteiger partial charge in [0.15, 0.2) is 11.5 Å². The van der Waals surface area contributed by atoms with Gasteiger partial charge in [-0.2, -0.15) is 0 Å². The van der Waals surface area contributed by atoms with E-state index in [4.69, 9.17) is 16.6 Å². The average Bonchev–Trinajstić information content (AvgIpc) is 3.54. The maximum absolute atomic E-state index is 13.7. The second-order valence-electron chi connectivity index (χ2n) is 8.07. The van der Waals surface area contributed by atoms with Crippen LogP contribution in [0.2, 0.25) is 5.02 Å². The number of imidazole rings is 1. The molecule has 166 valence electrons. The summed E-state index contributed by atoms with van der Waals surface area (Å²) in [5.41, 5.74) is 1.99. The number of aromatic amines is 1. The predicted molar refractivity (Wildman–Crippen MR) is 129 cm³/mol. The fourth-order valence-electron chi connectivity index (χ4n) is 4.92. The molecule has 5 heterocycles. The van der Waals surface area contributed by atoms with Crippen LogP contribution in [0.5, 0.6) is 0 Å². The summed E-state index contributed by atoms with van der Waals surface area (Å²) in [7, 11) is 0. The van der Waals surface area contributed by atoms with Gasteiger partial charge < -0.3 is 15.2 Å². The number of benzene rings is 1. The van der Waals surface area contributed by atoms with Crippen molar-refractivity contribution in [3.05, 3.63) is 52.1 Å². The quantitative estimate of drug-likeness (QED) is 0.430. The van der Waals surface area contributed by atoms with Gasteiger partial charge in [-0.3, -0.25) is 9.36 Å². The monoisotopic (exact) mass is 516 g/mol. The highest BCUT2D eigenvalue weighted by molar-refractivity contribution is 8.93. The molecule has 2 unspecified atom stereocenters. The highest BCUT2D eigenvalue weighted by atomic mass is 79.9. The summed E-state index contributed by atoms with van der Waals surface area (Å²) in [4.78, 5) is 37.2. The molecule has 0 radical (unpaired) electrons. The highest BCUT2D eigenvalue weighted by Crippen LogP contribution is 2.38. The van der Waals surface area contributed by atoms with Crippen molar-refractivity contribution in [1.29, 1.82) is 0 Å². The van der Waals surface area contributed by atoms with E-state index >= 15 is 0 Å². The Bertz CT molecular complexity index is 1350. The van der Waals surface area contributed by atoms with Crippen LogP contribution >= 0.6 is 28.6 Å². The summed E-state index contributed by atoms with van der Waals surface area (Å²) in [6, 6.07) is 5.42. The molecule has 2 fully saturated rings. The zero-order chi connectivity index (χ0) is 20.9. The normalized spacial score (nSPS) is 20.8. The standard InChI is InChI=1S/C21H21ClN8O.BrH/c22-13-3-1-4-14-16(13)21(31)30(12-6-7-23-9-12)19(28-14)15-5-2-8-29(15)20-17-18(25-10-24-17)26-11-27-20;/h1,3-4,10-12,15,23H,2,5-9H2,(H,24,25,26,27);1H. The van der Waals surface area contributed by atoms with Gasteiger partial charge in [-0.15, -0.1) is 17.0 Å². The molecule has 9 nitrogen and oxygen atoms in total. The fraction of sp³-hybridized carbons (Fsp3) is 0.381. The van der Waals surface area contributed by atoms with E-state index in [1.807, 2.05) is 16.7 Å². The third-order valence-corrected chi connectivity index (χ3v) is 6.64. The number of halogens is 2. The molecule has 4 aromatic rings. The van der Waals surface area contributed by atoms with Gasteiger partial charge in [0, 0.05) is 13.1 Å². The second-order valence-corrected chi connectivity index (χ2v) is 8.48. The topological polar surface area (TPSA) is 105 Å². The first kappa shape index (κ1) is 21.3. The van der Waals surface area contributed by atoms with E-state index in [1.165, 1.54) is 0 Å². The van der Waals surface area contributed by atoms with E-state index in [9.17, 15) is 4.79 Å². The summed E-state index contributed by atoms with van der Waals surface area (Å²) in [5.74, 6) is 1.54. The minimum atomic E-state index is -0.0773. The first-order valence-corrected chi connectivity index (χ1v) is 10.9. The average molecular weight is 518 g/mol. The molecule has 0 spiro atoms. The molecule has 6 rings (SSSR count). The van der Waals surface area contributed by atoms with Crippen molar-refractivity contribution in [2.24, 2.45) is 0 Å². The molecule has 32 heavy (non-hydrogen) atoms. The molecule has 2 saturated heterocycles. The molecule has 2 aliphatic rings. The molecule has 11 heteroatoms. The highest BCUT2D eigenvalue weighted by Gasteiger charge is 2.35. The van der Waals surface area contributed by atoms with Crippen LogP contribution in [0.25, 0.3) is 22.1 Å². The van der Waals surface area contributed by atoms with E-state index in [0.29, 0.717) is 21.6 Å². The van der Waals surface area contributed by atoms with Gasteiger partial charge in [-0.25, -0.2) is 19.9 Å². The maximum Gasteiger partial charge on any atom is 0.263 e. The lowest BCUT2D eigenvalue weighted by molar-refractivity contribution is 0.473. The van der Waals surface area contributed by atoms with Crippen molar-refractivity contribution in [3.8, 4) is 0 Å². The van der Waals surface area contributed by atoms with Crippen molar-refractivity contribution in [2.75, 3.05) is 24.5 Å². The summed E-state index contributed by atoms with van der Waals surface area (Å²) >= 11 is 6.42. The Morgan fingerprint density at radius 1 is 1.16 bits per heavy atom. The van der Waals surface area contributed by atoms with Crippen LogP contribution in [-0.4, -0.2) is 49.1 Å². The first-order valence-electron chi connectivity index (χ1n) is 10.5. The van der Waals surface area contributed by atoms with Crippen LogP contribution in [0.15, 0.2) is 35.6 Å². The number of aromatic nitrogens is 6. The third kappa shape index (κ3) is 3.28. The minimum Gasteiger partial charge on any atom is -0.344 e. The Balaban J connectivity index is 0.00000216. The Hall–Kier alpha value is -2.56. The lowest BCUT2D eigenvalue weighted by atomic mass is 10.1. The Labute approximate surface area is 199 Å². The van der Waals surface area contributed by atoms with Crippen LogP contribution in [0.3, 0.4) is 0 Å². The first-order chi connectivity index (χ1) is 15.2. The van der Waals surface area contributed by atoms with E-state index in [2.05, 4.69) is 30.2 Å². The van der Waals surface area contributed by atoms with Crippen molar-refractivity contribution in [2.45, 2.75) is 31.3 Å². The number of nitrogens with zero attached hydrogens (tertiary/aromatic N) is 6. The van der Waals surface area contributed by atoms with Crippen molar-refractivity contribution in [1.82, 2.24) is 34.8 Å². The summed E-state index contributed by atoms with van der Waals surface area (Å²) < 4.78 is 1.88. The number of hydrogen-bond donors (Lipinski definition) is 2. The summed E-state index contributed by atoms with van der Waals surface area (Å²) in [6.07, 6.45) is 5.92. The van der Waals surface area contributed by atoms with Crippen LogP contribution in [-0.2, 0) is 0 Å². The second kappa shape index (κ2) is 8.42. The SMILES string of the molecule is Br.O=c1c2c(Cl)cccc2nc(C2CCCN2c2ncnc3[nH]cnc23)n1C1CCNC1. The molecular formula is C21H22BrClN8O. The molecule has 3 aromatic heterocycles. The Kier molecular flexibility index (Phi) is 5.60. The van der Waals surface area contributed by atoms with E-state index in [0.717, 1.165) is 56.1 Å². The minimum absolute atomic E-state index is 0. The number of rotatable bonds is 3. The van der Waals surface area contributed by atoms with Crippen molar-refractivity contribution >= 4 is 56.5 Å². The molecule has 2 atom stereocenters. The van der Waals surface area contributed by atoms with Gasteiger partial charge in [-0.05, 0) is 37.9 Å². The zero-order valence-electron chi connectivity index (χ0n) is 17.2.